The topological polar surface area (TPSA) is 66.9 Å². The third kappa shape index (κ3) is 2.72. The van der Waals surface area contributed by atoms with Gasteiger partial charge in [-0.1, -0.05) is 40.6 Å². The summed E-state index contributed by atoms with van der Waals surface area (Å²) in [5, 5.41) is 14.4. The largest absolute Gasteiger partial charge is 0.363 e. The highest BCUT2D eigenvalue weighted by Crippen LogP contribution is 2.30. The van der Waals surface area contributed by atoms with Gasteiger partial charge >= 0.3 is 0 Å². The molecule has 0 saturated carbocycles. The number of rotatable bonds is 3. The summed E-state index contributed by atoms with van der Waals surface area (Å²) in [4.78, 5) is 11.9. The van der Waals surface area contributed by atoms with Gasteiger partial charge in [0.05, 0.1) is 15.7 Å². The number of nitrogens with zero attached hydrogens (tertiary/aromatic N) is 2. The van der Waals surface area contributed by atoms with Crippen LogP contribution in [0.25, 0.3) is 0 Å². The van der Waals surface area contributed by atoms with E-state index < -0.39 is 0 Å². The van der Waals surface area contributed by atoms with E-state index in [1.54, 1.807) is 25.2 Å². The van der Waals surface area contributed by atoms with Crippen LogP contribution in [0.15, 0.2) is 18.2 Å². The maximum absolute atomic E-state index is 11.9. The number of hydrogen-bond acceptors (Lipinski definition) is 5. The van der Waals surface area contributed by atoms with E-state index >= 15 is 0 Å². The predicted octanol–water partition coefficient (Wildman–Crippen LogP) is 3.14. The van der Waals surface area contributed by atoms with Crippen molar-refractivity contribution in [3.8, 4) is 0 Å². The molecule has 0 aliphatic heterocycles. The summed E-state index contributed by atoms with van der Waals surface area (Å²) in [7, 11) is 1.70. The Morgan fingerprint density at radius 1 is 1.33 bits per heavy atom. The molecule has 0 fully saturated rings. The molecule has 8 heteroatoms. The molecule has 18 heavy (non-hydrogen) atoms. The first-order valence-electron chi connectivity index (χ1n) is 4.88. The Balaban J connectivity index is 2.18. The van der Waals surface area contributed by atoms with Gasteiger partial charge < -0.3 is 10.6 Å². The van der Waals surface area contributed by atoms with Crippen LogP contribution >= 0.6 is 34.5 Å². The average Bonchev–Trinajstić information content (AvgIpc) is 2.83. The van der Waals surface area contributed by atoms with Crippen LogP contribution in [-0.4, -0.2) is 23.2 Å². The van der Waals surface area contributed by atoms with E-state index in [9.17, 15) is 4.79 Å². The number of benzene rings is 1. The second-order valence-corrected chi connectivity index (χ2v) is 4.98. The number of amides is 1. The van der Waals surface area contributed by atoms with Gasteiger partial charge in [-0.25, -0.2) is 0 Å². The molecule has 2 aromatic rings. The first-order chi connectivity index (χ1) is 8.61. The Kier molecular flexibility index (Phi) is 4.00. The molecule has 5 nitrogen and oxygen atoms in total. The fourth-order valence-electron chi connectivity index (χ4n) is 1.19. The molecule has 1 aromatic heterocycles. The summed E-state index contributed by atoms with van der Waals surface area (Å²) in [6.07, 6.45) is 0. The Bertz CT molecular complexity index is 587. The van der Waals surface area contributed by atoms with Gasteiger partial charge in [0.25, 0.3) is 5.91 Å². The number of halogens is 2. The summed E-state index contributed by atoms with van der Waals surface area (Å²) >= 11 is 13.0. The van der Waals surface area contributed by atoms with E-state index in [1.807, 2.05) is 0 Å². The molecular formula is C10H8Cl2N4OS. The fourth-order valence-corrected chi connectivity index (χ4v) is 2.13. The smallest absolute Gasteiger partial charge is 0.286 e. The monoisotopic (exact) mass is 302 g/mol. The molecule has 1 aromatic carbocycles. The fraction of sp³-hybridized carbons (Fsp3) is 0.100. The van der Waals surface area contributed by atoms with E-state index in [-0.39, 0.29) is 10.9 Å². The Labute approximate surface area is 117 Å². The van der Waals surface area contributed by atoms with Gasteiger partial charge in [-0.3, -0.25) is 4.79 Å². The quantitative estimate of drug-likeness (QED) is 0.914. The molecule has 2 N–H and O–H groups in total. The number of carbonyl (C=O) groups is 1. The zero-order valence-electron chi connectivity index (χ0n) is 9.20. The molecule has 94 valence electrons. The van der Waals surface area contributed by atoms with Gasteiger partial charge in [-0.15, -0.1) is 10.2 Å². The summed E-state index contributed by atoms with van der Waals surface area (Å²) in [5.41, 5.74) is 0.440. The molecule has 0 saturated heterocycles. The highest BCUT2D eigenvalue weighted by Gasteiger charge is 2.14. The van der Waals surface area contributed by atoms with Crippen molar-refractivity contribution < 1.29 is 4.79 Å². The third-order valence-electron chi connectivity index (χ3n) is 2.03. The average molecular weight is 303 g/mol. The minimum Gasteiger partial charge on any atom is -0.363 e. The van der Waals surface area contributed by atoms with Crippen LogP contribution in [0, 0.1) is 0 Å². The first kappa shape index (κ1) is 13.1. The molecule has 0 aliphatic carbocycles. The van der Waals surface area contributed by atoms with Crippen molar-refractivity contribution in [3.05, 3.63) is 33.3 Å². The summed E-state index contributed by atoms with van der Waals surface area (Å²) in [6, 6.07) is 5.00. The predicted molar refractivity (Wildman–Crippen MR) is 73.9 cm³/mol. The highest BCUT2D eigenvalue weighted by molar-refractivity contribution is 7.17. The van der Waals surface area contributed by atoms with E-state index in [4.69, 9.17) is 23.2 Å². The molecule has 1 heterocycles. The van der Waals surface area contributed by atoms with Crippen molar-refractivity contribution in [3.63, 3.8) is 0 Å². The van der Waals surface area contributed by atoms with Gasteiger partial charge in [0, 0.05) is 7.05 Å². The van der Waals surface area contributed by atoms with E-state index in [2.05, 4.69) is 20.8 Å². The van der Waals surface area contributed by atoms with Crippen LogP contribution in [0.3, 0.4) is 0 Å². The van der Waals surface area contributed by atoms with Crippen LogP contribution in [0.5, 0.6) is 0 Å². The van der Waals surface area contributed by atoms with Gasteiger partial charge in [-0.2, -0.15) is 0 Å². The normalized spacial score (nSPS) is 10.2. The molecule has 0 bridgehead atoms. The van der Waals surface area contributed by atoms with Crippen LogP contribution < -0.4 is 10.6 Å². The molecule has 0 radical (unpaired) electrons. The Morgan fingerprint density at radius 2 is 2.11 bits per heavy atom. The van der Waals surface area contributed by atoms with Crippen molar-refractivity contribution in [2.45, 2.75) is 0 Å². The maximum atomic E-state index is 11.9. The molecule has 0 spiro atoms. The standard InChI is InChI=1S/C10H8Cl2N4OS/c1-13-10-16-15-9(18-10)8(17)14-6-4-2-3-5(11)7(6)12/h2-4H,1H3,(H,13,16)(H,14,17). The lowest BCUT2D eigenvalue weighted by molar-refractivity contribution is 0.102. The van der Waals surface area contributed by atoms with Gasteiger partial charge in [0.1, 0.15) is 0 Å². The molecule has 0 aliphatic rings. The maximum Gasteiger partial charge on any atom is 0.286 e. The third-order valence-corrected chi connectivity index (χ3v) is 3.79. The van der Waals surface area contributed by atoms with Crippen molar-refractivity contribution >= 4 is 51.3 Å². The lowest BCUT2D eigenvalue weighted by atomic mass is 10.3. The number of anilines is 2. The summed E-state index contributed by atoms with van der Waals surface area (Å²) in [6.45, 7) is 0. The van der Waals surface area contributed by atoms with Crippen molar-refractivity contribution in [2.75, 3.05) is 17.7 Å². The highest BCUT2D eigenvalue weighted by atomic mass is 35.5. The number of aromatic nitrogens is 2. The van der Waals surface area contributed by atoms with Crippen LogP contribution in [0.1, 0.15) is 9.80 Å². The summed E-state index contributed by atoms with van der Waals surface area (Å²) < 4.78 is 0. The van der Waals surface area contributed by atoms with Crippen molar-refractivity contribution in [1.82, 2.24) is 10.2 Å². The lowest BCUT2D eigenvalue weighted by Crippen LogP contribution is -2.11. The second kappa shape index (κ2) is 5.51. The van der Waals surface area contributed by atoms with Gasteiger partial charge in [-0.05, 0) is 12.1 Å². The zero-order valence-corrected chi connectivity index (χ0v) is 11.5. The summed E-state index contributed by atoms with van der Waals surface area (Å²) in [5.74, 6) is -0.377. The van der Waals surface area contributed by atoms with Crippen LogP contribution in [-0.2, 0) is 0 Å². The number of carbonyl (C=O) groups excluding carboxylic acids is 1. The van der Waals surface area contributed by atoms with Crippen LogP contribution in [0.2, 0.25) is 10.0 Å². The molecule has 2 rings (SSSR count). The Hall–Kier alpha value is -1.37. The minimum atomic E-state index is -0.377. The number of hydrogen-bond donors (Lipinski definition) is 2. The van der Waals surface area contributed by atoms with Crippen molar-refractivity contribution in [2.24, 2.45) is 0 Å². The van der Waals surface area contributed by atoms with Gasteiger partial charge in [0.15, 0.2) is 0 Å². The van der Waals surface area contributed by atoms with E-state index in [1.165, 1.54) is 0 Å². The van der Waals surface area contributed by atoms with Crippen molar-refractivity contribution in [1.29, 1.82) is 0 Å². The second-order valence-electron chi connectivity index (χ2n) is 3.22. The number of nitrogens with one attached hydrogen (secondary N) is 2. The zero-order chi connectivity index (χ0) is 13.1. The van der Waals surface area contributed by atoms with Gasteiger partial charge in [0.2, 0.25) is 10.1 Å². The molecular weight excluding hydrogens is 295 g/mol. The molecule has 0 atom stereocenters. The first-order valence-corrected chi connectivity index (χ1v) is 6.45. The van der Waals surface area contributed by atoms with E-state index in [0.717, 1.165) is 11.3 Å². The SMILES string of the molecule is CNc1nnc(C(=O)Nc2cccc(Cl)c2Cl)s1. The lowest BCUT2D eigenvalue weighted by Gasteiger charge is -2.05. The van der Waals surface area contributed by atoms with E-state index in [0.29, 0.717) is 20.9 Å². The molecule has 1 amide bonds. The van der Waals surface area contributed by atoms with Crippen LogP contribution in [0.4, 0.5) is 10.8 Å². The Morgan fingerprint density at radius 3 is 2.78 bits per heavy atom. The minimum absolute atomic E-state index is 0.246. The molecule has 0 unspecified atom stereocenters.